The number of aryl methyl sites for hydroxylation is 3. The fourth-order valence-corrected chi connectivity index (χ4v) is 3.89. The molecule has 0 saturated heterocycles. The molecule has 0 aliphatic rings. The Bertz CT molecular complexity index is 1330. The normalized spacial score (nSPS) is 11.0. The Morgan fingerprint density at radius 2 is 1.72 bits per heavy atom. The van der Waals surface area contributed by atoms with E-state index >= 15 is 0 Å². The summed E-state index contributed by atoms with van der Waals surface area (Å²) < 4.78 is 8.41. The number of ether oxygens (including phenoxy) is 1. The van der Waals surface area contributed by atoms with Crippen LogP contribution in [0.15, 0.2) is 59.7 Å². The van der Waals surface area contributed by atoms with Gasteiger partial charge in [0.2, 0.25) is 5.91 Å². The van der Waals surface area contributed by atoms with Crippen LogP contribution in [0, 0.1) is 20.8 Å². The van der Waals surface area contributed by atoms with Crippen molar-refractivity contribution >= 4 is 17.1 Å². The van der Waals surface area contributed by atoms with Crippen LogP contribution in [-0.2, 0) is 11.3 Å². The number of fused-ring (bicyclic) bond motifs is 1. The molecule has 0 saturated carbocycles. The second-order valence-corrected chi connectivity index (χ2v) is 7.87. The summed E-state index contributed by atoms with van der Waals surface area (Å²) in [4.78, 5) is 25.6. The van der Waals surface area contributed by atoms with Crippen LogP contribution in [0.3, 0.4) is 0 Å². The molecule has 2 aromatic heterocycles. The van der Waals surface area contributed by atoms with Gasteiger partial charge >= 0.3 is 0 Å². The topological polar surface area (TPSA) is 77.6 Å². The lowest BCUT2D eigenvalue weighted by Gasteiger charge is -2.13. The van der Waals surface area contributed by atoms with Crippen molar-refractivity contribution in [1.82, 2.24) is 14.2 Å². The summed E-state index contributed by atoms with van der Waals surface area (Å²) in [7, 11) is 0. The van der Waals surface area contributed by atoms with Crippen molar-refractivity contribution in [2.75, 3.05) is 11.9 Å². The SMILES string of the molecule is CCOc1ccc(-c2cc3c(=O)n(CC(=O)Nc4c(C)cc(C)cc4C)ccn3n2)cc1. The molecular weight excluding hydrogens is 404 g/mol. The molecule has 4 rings (SSSR count). The van der Waals surface area contributed by atoms with Gasteiger partial charge in [-0.3, -0.25) is 9.59 Å². The van der Waals surface area contributed by atoms with Crippen LogP contribution in [0.1, 0.15) is 23.6 Å². The Balaban J connectivity index is 1.57. The van der Waals surface area contributed by atoms with Crippen LogP contribution >= 0.6 is 0 Å². The van der Waals surface area contributed by atoms with Gasteiger partial charge in [-0.2, -0.15) is 5.10 Å². The van der Waals surface area contributed by atoms with E-state index in [1.807, 2.05) is 64.1 Å². The largest absolute Gasteiger partial charge is 0.494 e. The van der Waals surface area contributed by atoms with Gasteiger partial charge in [0.05, 0.1) is 12.3 Å². The molecule has 7 heteroatoms. The van der Waals surface area contributed by atoms with Gasteiger partial charge in [-0.15, -0.1) is 0 Å². The Kier molecular flexibility index (Phi) is 5.81. The van der Waals surface area contributed by atoms with Crippen molar-refractivity contribution in [3.05, 3.63) is 81.9 Å². The number of carbonyl (C=O) groups excluding carboxylic acids is 1. The number of carbonyl (C=O) groups is 1. The highest BCUT2D eigenvalue weighted by molar-refractivity contribution is 5.92. The van der Waals surface area contributed by atoms with E-state index in [2.05, 4.69) is 10.4 Å². The Labute approximate surface area is 186 Å². The highest BCUT2D eigenvalue weighted by Gasteiger charge is 2.13. The molecule has 0 radical (unpaired) electrons. The van der Waals surface area contributed by atoms with Crippen molar-refractivity contribution < 1.29 is 9.53 Å². The summed E-state index contributed by atoms with van der Waals surface area (Å²) in [6.07, 6.45) is 3.27. The van der Waals surface area contributed by atoms with E-state index in [1.165, 1.54) is 9.08 Å². The first-order valence-corrected chi connectivity index (χ1v) is 10.6. The van der Waals surface area contributed by atoms with Gasteiger partial charge in [0.15, 0.2) is 0 Å². The molecule has 2 heterocycles. The molecule has 2 aromatic carbocycles. The summed E-state index contributed by atoms with van der Waals surface area (Å²) in [6, 6.07) is 13.4. The van der Waals surface area contributed by atoms with Crippen molar-refractivity contribution in [2.45, 2.75) is 34.2 Å². The standard InChI is InChI=1S/C25H26N4O3/c1-5-32-20-8-6-19(7-9-20)21-14-22-25(31)28(10-11-29(22)27-21)15-23(30)26-24-17(3)12-16(2)13-18(24)4/h6-14H,5,15H2,1-4H3,(H,26,30). The van der Waals surface area contributed by atoms with Gasteiger partial charge < -0.3 is 14.6 Å². The summed E-state index contributed by atoms with van der Waals surface area (Å²) in [5.41, 5.74) is 5.62. The minimum absolute atomic E-state index is 0.0777. The molecule has 0 bridgehead atoms. The summed E-state index contributed by atoms with van der Waals surface area (Å²) in [5, 5.41) is 7.44. The molecule has 32 heavy (non-hydrogen) atoms. The number of anilines is 1. The highest BCUT2D eigenvalue weighted by atomic mass is 16.5. The van der Waals surface area contributed by atoms with Gasteiger partial charge in [-0.1, -0.05) is 17.7 Å². The fraction of sp³-hybridized carbons (Fsp3) is 0.240. The Morgan fingerprint density at radius 1 is 1.03 bits per heavy atom. The number of nitrogens with one attached hydrogen (secondary N) is 1. The van der Waals surface area contributed by atoms with Crippen LogP contribution in [0.4, 0.5) is 5.69 Å². The number of rotatable bonds is 6. The van der Waals surface area contributed by atoms with E-state index in [9.17, 15) is 9.59 Å². The van der Waals surface area contributed by atoms with Crippen molar-refractivity contribution in [3.8, 4) is 17.0 Å². The smallest absolute Gasteiger partial charge is 0.277 e. The van der Waals surface area contributed by atoms with Crippen LogP contribution < -0.4 is 15.6 Å². The van der Waals surface area contributed by atoms with Gasteiger partial charge in [0, 0.05) is 23.6 Å². The van der Waals surface area contributed by atoms with E-state index in [0.717, 1.165) is 33.7 Å². The van der Waals surface area contributed by atoms with Crippen molar-refractivity contribution in [2.24, 2.45) is 0 Å². The van der Waals surface area contributed by atoms with Gasteiger partial charge in [0.25, 0.3) is 5.56 Å². The third-order valence-electron chi connectivity index (χ3n) is 5.32. The second-order valence-electron chi connectivity index (χ2n) is 7.87. The average Bonchev–Trinajstić information content (AvgIpc) is 3.19. The van der Waals surface area contributed by atoms with Crippen molar-refractivity contribution in [1.29, 1.82) is 0 Å². The summed E-state index contributed by atoms with van der Waals surface area (Å²) in [5.74, 6) is 0.533. The predicted molar refractivity (Wildman–Crippen MR) is 125 cm³/mol. The van der Waals surface area contributed by atoms with E-state index in [0.29, 0.717) is 17.8 Å². The zero-order valence-corrected chi connectivity index (χ0v) is 18.7. The van der Waals surface area contributed by atoms with Gasteiger partial charge in [-0.25, -0.2) is 4.52 Å². The molecule has 7 nitrogen and oxygen atoms in total. The number of hydrogen-bond acceptors (Lipinski definition) is 4. The van der Waals surface area contributed by atoms with Crippen LogP contribution in [0.25, 0.3) is 16.8 Å². The van der Waals surface area contributed by atoms with Gasteiger partial charge in [-0.05, 0) is 69.2 Å². The Morgan fingerprint density at radius 3 is 2.38 bits per heavy atom. The number of benzene rings is 2. The molecule has 0 spiro atoms. The Hall–Kier alpha value is -3.87. The number of hydrogen-bond donors (Lipinski definition) is 1. The lowest BCUT2D eigenvalue weighted by Crippen LogP contribution is -2.28. The van der Waals surface area contributed by atoms with E-state index in [1.54, 1.807) is 18.5 Å². The zero-order valence-electron chi connectivity index (χ0n) is 18.7. The average molecular weight is 431 g/mol. The number of nitrogens with zero attached hydrogens (tertiary/aromatic N) is 3. The molecule has 164 valence electrons. The molecule has 0 aliphatic carbocycles. The minimum Gasteiger partial charge on any atom is -0.494 e. The molecule has 1 N–H and O–H groups in total. The lowest BCUT2D eigenvalue weighted by molar-refractivity contribution is -0.116. The highest BCUT2D eigenvalue weighted by Crippen LogP contribution is 2.23. The molecule has 0 fully saturated rings. The zero-order chi connectivity index (χ0) is 22.8. The van der Waals surface area contributed by atoms with Crippen LogP contribution in [0.2, 0.25) is 0 Å². The maximum Gasteiger partial charge on any atom is 0.277 e. The third kappa shape index (κ3) is 4.27. The second kappa shape index (κ2) is 8.70. The molecule has 1 amide bonds. The first-order chi connectivity index (χ1) is 15.4. The molecule has 0 unspecified atom stereocenters. The monoisotopic (exact) mass is 430 g/mol. The quantitative estimate of drug-likeness (QED) is 0.499. The summed E-state index contributed by atoms with van der Waals surface area (Å²) >= 11 is 0. The van der Waals surface area contributed by atoms with E-state index < -0.39 is 0 Å². The number of amides is 1. The lowest BCUT2D eigenvalue weighted by atomic mass is 10.1. The minimum atomic E-state index is -0.273. The first kappa shape index (κ1) is 21.4. The number of aromatic nitrogens is 3. The molecular formula is C25H26N4O3. The van der Waals surface area contributed by atoms with Crippen LogP contribution in [-0.4, -0.2) is 26.7 Å². The third-order valence-corrected chi connectivity index (χ3v) is 5.32. The molecule has 0 atom stereocenters. The first-order valence-electron chi connectivity index (χ1n) is 10.6. The van der Waals surface area contributed by atoms with Crippen molar-refractivity contribution in [3.63, 3.8) is 0 Å². The van der Waals surface area contributed by atoms with Gasteiger partial charge in [0.1, 0.15) is 17.8 Å². The maximum absolute atomic E-state index is 13.0. The maximum atomic E-state index is 13.0. The molecule has 0 aliphatic heterocycles. The predicted octanol–water partition coefficient (Wildman–Crippen LogP) is 4.13. The fourth-order valence-electron chi connectivity index (χ4n) is 3.89. The molecule has 4 aromatic rings. The van der Waals surface area contributed by atoms with E-state index in [4.69, 9.17) is 4.74 Å². The van der Waals surface area contributed by atoms with E-state index in [-0.39, 0.29) is 18.0 Å². The van der Waals surface area contributed by atoms with Crippen LogP contribution in [0.5, 0.6) is 5.75 Å². The summed E-state index contributed by atoms with van der Waals surface area (Å²) in [6.45, 7) is 8.40.